The van der Waals surface area contributed by atoms with Gasteiger partial charge in [-0.05, 0) is 36.4 Å². The molecule has 4 nitrogen and oxygen atoms in total. The number of rotatable bonds is 2. The number of aromatic nitrogens is 2. The lowest BCUT2D eigenvalue weighted by Gasteiger charge is -2.07. The van der Waals surface area contributed by atoms with Crippen molar-refractivity contribution in [2.45, 2.75) is 6.92 Å². The molecule has 0 bridgehead atoms. The van der Waals surface area contributed by atoms with E-state index in [1.807, 2.05) is 38.4 Å². The first-order chi connectivity index (χ1) is 12.4. The van der Waals surface area contributed by atoms with Gasteiger partial charge in [0, 0.05) is 58.0 Å². The second-order valence-electron chi connectivity index (χ2n) is 6.31. The van der Waals surface area contributed by atoms with Gasteiger partial charge in [0.25, 0.3) is 0 Å². The molecule has 0 aliphatic rings. The summed E-state index contributed by atoms with van der Waals surface area (Å²) in [4.78, 5) is 11.8. The van der Waals surface area contributed by atoms with Crippen molar-refractivity contribution >= 4 is 59.6 Å². The minimum absolute atomic E-state index is 0.333. The van der Waals surface area contributed by atoms with Crippen LogP contribution in [-0.2, 0) is 18.9 Å². The molecule has 0 fully saturated rings. The van der Waals surface area contributed by atoms with Gasteiger partial charge in [0.15, 0.2) is 5.75 Å². The first kappa shape index (κ1) is 17.4. The highest BCUT2D eigenvalue weighted by molar-refractivity contribution is 9.10. The molecule has 26 heavy (non-hydrogen) atoms. The maximum Gasteiger partial charge on any atom is 0.308 e. The Balaban J connectivity index is 2.13. The lowest BCUT2D eigenvalue weighted by atomic mass is 10.1. The summed E-state index contributed by atoms with van der Waals surface area (Å²) in [5.41, 5.74) is 4.03. The number of ether oxygens (including phenoxy) is 1. The molecule has 0 N–H and O–H groups in total. The number of esters is 1. The third kappa shape index (κ3) is 2.68. The largest absolute Gasteiger partial charge is 0.424 e. The molecule has 2 aromatic carbocycles. The Kier molecular flexibility index (Phi) is 4.20. The van der Waals surface area contributed by atoms with Gasteiger partial charge in [-0.1, -0.05) is 31.9 Å². The Morgan fingerprint density at radius 3 is 2.23 bits per heavy atom. The predicted molar refractivity (Wildman–Crippen MR) is 112 cm³/mol. The zero-order chi connectivity index (χ0) is 18.6. The number of carbonyl (C=O) groups is 1. The summed E-state index contributed by atoms with van der Waals surface area (Å²) in [5.74, 6) is 0.254. The van der Waals surface area contributed by atoms with Crippen LogP contribution in [0.25, 0.3) is 33.1 Å². The van der Waals surface area contributed by atoms with Crippen LogP contribution < -0.4 is 4.74 Å². The molecular weight excluding hydrogens is 460 g/mol. The van der Waals surface area contributed by atoms with E-state index in [0.29, 0.717) is 5.75 Å². The lowest BCUT2D eigenvalue weighted by molar-refractivity contribution is -0.131. The molecule has 0 amide bonds. The van der Waals surface area contributed by atoms with Crippen molar-refractivity contribution in [2.75, 3.05) is 0 Å². The van der Waals surface area contributed by atoms with E-state index < -0.39 is 0 Å². The molecular formula is C20H16Br2N2O2. The number of benzene rings is 2. The Morgan fingerprint density at radius 1 is 0.962 bits per heavy atom. The van der Waals surface area contributed by atoms with Crippen LogP contribution in [0.1, 0.15) is 6.92 Å². The number of hydrogen-bond acceptors (Lipinski definition) is 2. The molecule has 0 atom stereocenters. The molecule has 0 radical (unpaired) electrons. The predicted octanol–water partition coefficient (Wildman–Crippen LogP) is 5.79. The van der Waals surface area contributed by atoms with Crippen LogP contribution in [0.15, 0.2) is 51.5 Å². The third-order valence-electron chi connectivity index (χ3n) is 4.57. The molecule has 0 unspecified atom stereocenters. The van der Waals surface area contributed by atoms with E-state index in [-0.39, 0.29) is 5.97 Å². The van der Waals surface area contributed by atoms with Crippen LogP contribution in [0.5, 0.6) is 5.75 Å². The van der Waals surface area contributed by atoms with Gasteiger partial charge >= 0.3 is 5.97 Å². The van der Waals surface area contributed by atoms with Gasteiger partial charge in [0.1, 0.15) is 0 Å². The van der Waals surface area contributed by atoms with Crippen molar-refractivity contribution in [3.63, 3.8) is 0 Å². The highest BCUT2D eigenvalue weighted by Gasteiger charge is 2.23. The van der Waals surface area contributed by atoms with Crippen molar-refractivity contribution in [1.82, 2.24) is 9.13 Å². The summed E-state index contributed by atoms with van der Waals surface area (Å²) in [5, 5.41) is 2.00. The van der Waals surface area contributed by atoms with Gasteiger partial charge < -0.3 is 13.9 Å². The first-order valence-electron chi connectivity index (χ1n) is 8.08. The molecule has 6 heteroatoms. The molecule has 0 aliphatic carbocycles. The van der Waals surface area contributed by atoms with Crippen LogP contribution in [0.2, 0.25) is 0 Å². The van der Waals surface area contributed by atoms with Crippen molar-refractivity contribution < 1.29 is 9.53 Å². The Labute approximate surface area is 167 Å². The lowest BCUT2D eigenvalue weighted by Crippen LogP contribution is -2.02. The van der Waals surface area contributed by atoms with Crippen molar-refractivity contribution in [3.05, 3.63) is 51.5 Å². The number of halogens is 2. The van der Waals surface area contributed by atoms with Crippen LogP contribution in [0.3, 0.4) is 0 Å². The van der Waals surface area contributed by atoms with Crippen molar-refractivity contribution in [1.29, 1.82) is 0 Å². The van der Waals surface area contributed by atoms with Crippen LogP contribution in [-0.4, -0.2) is 15.1 Å². The zero-order valence-corrected chi connectivity index (χ0v) is 17.7. The number of hydrogen-bond donors (Lipinski definition) is 0. The maximum atomic E-state index is 11.8. The smallest absolute Gasteiger partial charge is 0.308 e. The number of carbonyl (C=O) groups excluding carboxylic acids is 1. The molecule has 0 saturated carbocycles. The molecule has 4 rings (SSSR count). The van der Waals surface area contributed by atoms with E-state index in [1.54, 1.807) is 0 Å². The highest BCUT2D eigenvalue weighted by atomic mass is 79.9. The summed E-state index contributed by atoms with van der Waals surface area (Å²) in [6.07, 6.45) is 2.08. The van der Waals surface area contributed by atoms with Gasteiger partial charge in [0.2, 0.25) is 0 Å². The van der Waals surface area contributed by atoms with Gasteiger partial charge in [-0.3, -0.25) is 4.79 Å². The SMILES string of the molecule is CC(=O)Oc1c(-c2cn(C)c3ccc(Br)cc23)n(C)c2ccc(Br)cc12. The van der Waals surface area contributed by atoms with E-state index in [9.17, 15) is 4.79 Å². The fraction of sp³-hybridized carbons (Fsp3) is 0.150. The van der Waals surface area contributed by atoms with Crippen LogP contribution in [0, 0.1) is 0 Å². The Bertz CT molecular complexity index is 1190. The van der Waals surface area contributed by atoms with E-state index in [4.69, 9.17) is 4.74 Å². The number of fused-ring (bicyclic) bond motifs is 2. The van der Waals surface area contributed by atoms with Gasteiger partial charge in [-0.25, -0.2) is 0 Å². The topological polar surface area (TPSA) is 36.2 Å². The van der Waals surface area contributed by atoms with Crippen LogP contribution >= 0.6 is 31.9 Å². The van der Waals surface area contributed by atoms with E-state index in [2.05, 4.69) is 59.3 Å². The molecule has 0 saturated heterocycles. The second kappa shape index (κ2) is 6.28. The zero-order valence-electron chi connectivity index (χ0n) is 14.5. The third-order valence-corrected chi connectivity index (χ3v) is 5.55. The first-order valence-corrected chi connectivity index (χ1v) is 9.66. The minimum atomic E-state index is -0.333. The van der Waals surface area contributed by atoms with E-state index in [1.165, 1.54) is 6.92 Å². The van der Waals surface area contributed by atoms with Gasteiger partial charge in [-0.2, -0.15) is 0 Å². The molecule has 132 valence electrons. The summed E-state index contributed by atoms with van der Waals surface area (Å²) in [6, 6.07) is 12.2. The minimum Gasteiger partial charge on any atom is -0.424 e. The summed E-state index contributed by atoms with van der Waals surface area (Å²) in [7, 11) is 4.01. The van der Waals surface area contributed by atoms with E-state index >= 15 is 0 Å². The van der Waals surface area contributed by atoms with Crippen molar-refractivity contribution in [2.24, 2.45) is 14.1 Å². The summed E-state index contributed by atoms with van der Waals surface area (Å²) in [6.45, 7) is 1.43. The maximum absolute atomic E-state index is 11.8. The number of aryl methyl sites for hydroxylation is 2. The fourth-order valence-electron chi connectivity index (χ4n) is 3.49. The molecule has 4 aromatic rings. The molecule has 2 aromatic heterocycles. The van der Waals surface area contributed by atoms with Gasteiger partial charge in [0.05, 0.1) is 11.2 Å². The number of nitrogens with zero attached hydrogens (tertiary/aromatic N) is 2. The second-order valence-corrected chi connectivity index (χ2v) is 8.14. The monoisotopic (exact) mass is 474 g/mol. The molecule has 0 spiro atoms. The molecule has 0 aliphatic heterocycles. The quantitative estimate of drug-likeness (QED) is 0.344. The van der Waals surface area contributed by atoms with Crippen molar-refractivity contribution in [3.8, 4) is 17.0 Å². The highest BCUT2D eigenvalue weighted by Crippen LogP contribution is 2.43. The summed E-state index contributed by atoms with van der Waals surface area (Å²) >= 11 is 7.08. The molecule has 2 heterocycles. The average Bonchev–Trinajstić information content (AvgIpc) is 3.02. The van der Waals surface area contributed by atoms with E-state index in [0.717, 1.165) is 42.0 Å². The fourth-order valence-corrected chi connectivity index (χ4v) is 4.21. The summed E-state index contributed by atoms with van der Waals surface area (Å²) < 4.78 is 11.8. The normalized spacial score (nSPS) is 11.4. The standard InChI is InChI=1S/C20H16Br2N2O2/c1-11(25)26-20-15-9-13(22)5-7-18(15)24(3)19(20)16-10-23(2)17-6-4-12(21)8-14(16)17/h4-10H,1-3H3. The average molecular weight is 476 g/mol. The van der Waals surface area contributed by atoms with Crippen LogP contribution in [0.4, 0.5) is 0 Å². The Morgan fingerprint density at radius 2 is 1.58 bits per heavy atom. The van der Waals surface area contributed by atoms with Gasteiger partial charge in [-0.15, -0.1) is 0 Å². The Hall–Kier alpha value is -2.05.